The molecule has 1 amide bonds. The van der Waals surface area contributed by atoms with Gasteiger partial charge in [0.2, 0.25) is 5.91 Å². The fraction of sp³-hybridized carbons (Fsp3) is 0.125. The Hall–Kier alpha value is -3.58. The predicted octanol–water partition coefficient (Wildman–Crippen LogP) is 4.39. The van der Waals surface area contributed by atoms with E-state index in [4.69, 9.17) is 4.74 Å². The van der Waals surface area contributed by atoms with Gasteiger partial charge in [0.15, 0.2) is 0 Å². The van der Waals surface area contributed by atoms with Crippen LogP contribution in [0.25, 0.3) is 0 Å². The average Bonchev–Trinajstić information content (AvgIpc) is 2.78. The van der Waals surface area contributed by atoms with Gasteiger partial charge in [0.25, 0.3) is 10.0 Å². The molecule has 0 aromatic heterocycles. The molecule has 0 aliphatic carbocycles. The minimum absolute atomic E-state index is 0.120. The Morgan fingerprint density at radius 2 is 1.65 bits per heavy atom. The zero-order valence-electron chi connectivity index (χ0n) is 17.2. The van der Waals surface area contributed by atoms with Crippen LogP contribution < -0.4 is 14.4 Å². The third-order valence-electron chi connectivity index (χ3n) is 4.51. The Bertz CT molecular complexity index is 1140. The standard InChI is InChI=1S/C24H24N2O4S/c1-3-17-30-21-15-13-20(14-16-21)25-24(27)18-26(23-12-8-7-9-19(23)2)31(28,29)22-10-5-4-6-11-22/h3-16H,1,17-18H2,2H3,(H,25,27). The van der Waals surface area contributed by atoms with Gasteiger partial charge in [0.05, 0.1) is 10.6 Å². The number of anilines is 2. The highest BCUT2D eigenvalue weighted by Crippen LogP contribution is 2.26. The summed E-state index contributed by atoms with van der Waals surface area (Å²) in [5, 5.41) is 2.75. The average molecular weight is 437 g/mol. The number of aryl methyl sites for hydroxylation is 1. The van der Waals surface area contributed by atoms with Crippen molar-refractivity contribution in [3.05, 3.63) is 97.1 Å². The lowest BCUT2D eigenvalue weighted by Crippen LogP contribution is -2.38. The molecule has 0 bridgehead atoms. The highest BCUT2D eigenvalue weighted by Gasteiger charge is 2.28. The number of sulfonamides is 1. The number of rotatable bonds is 9. The first-order valence-electron chi connectivity index (χ1n) is 9.69. The molecule has 0 fully saturated rings. The van der Waals surface area contributed by atoms with Crippen molar-refractivity contribution in [1.82, 2.24) is 0 Å². The molecule has 1 N–H and O–H groups in total. The smallest absolute Gasteiger partial charge is 0.264 e. The molecule has 3 aromatic carbocycles. The van der Waals surface area contributed by atoms with Crippen LogP contribution in [0.15, 0.2) is 96.4 Å². The third-order valence-corrected chi connectivity index (χ3v) is 6.28. The number of para-hydroxylation sites is 1. The van der Waals surface area contributed by atoms with Crippen LogP contribution in [-0.4, -0.2) is 27.5 Å². The number of carbonyl (C=O) groups excluding carboxylic acids is 1. The fourth-order valence-corrected chi connectivity index (χ4v) is 4.49. The zero-order chi connectivity index (χ0) is 22.3. The van der Waals surface area contributed by atoms with E-state index < -0.39 is 15.9 Å². The molecule has 0 atom stereocenters. The summed E-state index contributed by atoms with van der Waals surface area (Å²) in [7, 11) is -3.94. The molecule has 0 radical (unpaired) electrons. The summed E-state index contributed by atoms with van der Waals surface area (Å²) < 4.78 is 33.2. The molecule has 0 heterocycles. The van der Waals surface area contributed by atoms with Gasteiger partial charge in [-0.1, -0.05) is 49.1 Å². The monoisotopic (exact) mass is 436 g/mol. The van der Waals surface area contributed by atoms with Crippen molar-refractivity contribution < 1.29 is 17.9 Å². The van der Waals surface area contributed by atoms with Crippen molar-refractivity contribution >= 4 is 27.3 Å². The number of amides is 1. The van der Waals surface area contributed by atoms with Gasteiger partial charge in [-0.3, -0.25) is 9.10 Å². The molecule has 6 nitrogen and oxygen atoms in total. The normalized spacial score (nSPS) is 10.9. The highest BCUT2D eigenvalue weighted by atomic mass is 32.2. The van der Waals surface area contributed by atoms with E-state index in [0.29, 0.717) is 23.7 Å². The minimum atomic E-state index is -3.94. The van der Waals surface area contributed by atoms with Gasteiger partial charge in [-0.25, -0.2) is 8.42 Å². The van der Waals surface area contributed by atoms with E-state index in [1.807, 2.05) is 19.1 Å². The predicted molar refractivity (Wildman–Crippen MR) is 123 cm³/mol. The summed E-state index contributed by atoms with van der Waals surface area (Å²) in [5.74, 6) is 0.189. The number of ether oxygens (including phenoxy) is 1. The second-order valence-corrected chi connectivity index (χ2v) is 8.65. The number of nitrogens with one attached hydrogen (secondary N) is 1. The van der Waals surface area contributed by atoms with E-state index in [1.54, 1.807) is 60.7 Å². The summed E-state index contributed by atoms with van der Waals surface area (Å²) in [6.07, 6.45) is 1.64. The lowest BCUT2D eigenvalue weighted by molar-refractivity contribution is -0.114. The van der Waals surface area contributed by atoms with Crippen LogP contribution in [0.3, 0.4) is 0 Å². The fourth-order valence-electron chi connectivity index (χ4n) is 2.98. The van der Waals surface area contributed by atoms with Crippen LogP contribution in [0.4, 0.5) is 11.4 Å². The van der Waals surface area contributed by atoms with Gasteiger partial charge >= 0.3 is 0 Å². The molecule has 31 heavy (non-hydrogen) atoms. The van der Waals surface area contributed by atoms with Crippen molar-refractivity contribution in [2.45, 2.75) is 11.8 Å². The van der Waals surface area contributed by atoms with Gasteiger partial charge in [0.1, 0.15) is 18.9 Å². The van der Waals surface area contributed by atoms with Crippen LogP contribution in [0, 0.1) is 6.92 Å². The van der Waals surface area contributed by atoms with E-state index in [9.17, 15) is 13.2 Å². The molecule has 0 spiro atoms. The zero-order valence-corrected chi connectivity index (χ0v) is 18.0. The molecule has 160 valence electrons. The Balaban J connectivity index is 1.84. The first-order valence-corrected chi connectivity index (χ1v) is 11.1. The van der Waals surface area contributed by atoms with E-state index in [1.165, 1.54) is 12.1 Å². The van der Waals surface area contributed by atoms with Crippen molar-refractivity contribution in [3.8, 4) is 5.75 Å². The summed E-state index contributed by atoms with van der Waals surface area (Å²) in [4.78, 5) is 12.9. The molecule has 0 unspecified atom stereocenters. The molecule has 7 heteroatoms. The van der Waals surface area contributed by atoms with E-state index in [-0.39, 0.29) is 11.4 Å². The minimum Gasteiger partial charge on any atom is -0.490 e. The van der Waals surface area contributed by atoms with Crippen LogP contribution in [0.1, 0.15) is 5.56 Å². The maximum absolute atomic E-state index is 13.3. The molecular formula is C24H24N2O4S. The summed E-state index contributed by atoms with van der Waals surface area (Å²) in [6.45, 7) is 5.42. The summed E-state index contributed by atoms with van der Waals surface area (Å²) >= 11 is 0. The van der Waals surface area contributed by atoms with Gasteiger partial charge < -0.3 is 10.1 Å². The SMILES string of the molecule is C=CCOc1ccc(NC(=O)CN(c2ccccc2C)S(=O)(=O)c2ccccc2)cc1. The summed E-state index contributed by atoms with van der Waals surface area (Å²) in [6, 6.07) is 22.0. The third kappa shape index (κ3) is 5.52. The van der Waals surface area contributed by atoms with Crippen LogP contribution in [-0.2, 0) is 14.8 Å². The second-order valence-electron chi connectivity index (χ2n) is 6.78. The Labute approximate surface area is 182 Å². The van der Waals surface area contributed by atoms with E-state index in [2.05, 4.69) is 11.9 Å². The van der Waals surface area contributed by atoms with Gasteiger partial charge in [-0.05, 0) is 55.0 Å². The first-order chi connectivity index (χ1) is 14.9. The van der Waals surface area contributed by atoms with Crippen molar-refractivity contribution in [2.75, 3.05) is 22.8 Å². The Kier molecular flexibility index (Phi) is 7.10. The molecule has 0 saturated carbocycles. The Morgan fingerprint density at radius 1 is 1.00 bits per heavy atom. The van der Waals surface area contributed by atoms with Gasteiger partial charge in [0, 0.05) is 5.69 Å². The summed E-state index contributed by atoms with van der Waals surface area (Å²) in [5.41, 5.74) is 1.74. The van der Waals surface area contributed by atoms with Gasteiger partial charge in [-0.2, -0.15) is 0 Å². The second kappa shape index (κ2) is 9.95. The molecule has 3 aromatic rings. The van der Waals surface area contributed by atoms with Crippen molar-refractivity contribution in [2.24, 2.45) is 0 Å². The molecular weight excluding hydrogens is 412 g/mol. The quantitative estimate of drug-likeness (QED) is 0.505. The van der Waals surface area contributed by atoms with Crippen molar-refractivity contribution in [3.63, 3.8) is 0 Å². The topological polar surface area (TPSA) is 75.7 Å². The lowest BCUT2D eigenvalue weighted by Gasteiger charge is -2.25. The molecule has 0 aliphatic rings. The molecule has 3 rings (SSSR count). The molecule has 0 aliphatic heterocycles. The number of hydrogen-bond donors (Lipinski definition) is 1. The number of benzene rings is 3. The lowest BCUT2D eigenvalue weighted by atomic mass is 10.2. The Morgan fingerprint density at radius 3 is 2.29 bits per heavy atom. The van der Waals surface area contributed by atoms with E-state index in [0.717, 1.165) is 9.87 Å². The maximum Gasteiger partial charge on any atom is 0.264 e. The van der Waals surface area contributed by atoms with E-state index >= 15 is 0 Å². The first kappa shape index (κ1) is 22.1. The van der Waals surface area contributed by atoms with Crippen LogP contribution in [0.5, 0.6) is 5.75 Å². The largest absolute Gasteiger partial charge is 0.490 e. The van der Waals surface area contributed by atoms with Crippen LogP contribution >= 0.6 is 0 Å². The highest BCUT2D eigenvalue weighted by molar-refractivity contribution is 7.92. The number of carbonyl (C=O) groups is 1. The number of hydrogen-bond acceptors (Lipinski definition) is 4. The van der Waals surface area contributed by atoms with Crippen molar-refractivity contribution in [1.29, 1.82) is 0 Å². The maximum atomic E-state index is 13.3. The van der Waals surface area contributed by atoms with Crippen LogP contribution in [0.2, 0.25) is 0 Å². The molecule has 0 saturated heterocycles. The van der Waals surface area contributed by atoms with Gasteiger partial charge in [-0.15, -0.1) is 0 Å². The number of nitrogens with zero attached hydrogens (tertiary/aromatic N) is 1.